The molecule has 0 N–H and O–H groups in total. The van der Waals surface area contributed by atoms with Crippen LogP contribution in [0.2, 0.25) is 0 Å². The van der Waals surface area contributed by atoms with E-state index in [2.05, 4.69) is 4.74 Å². The number of rotatable bonds is 2. The van der Waals surface area contributed by atoms with Gasteiger partial charge in [-0.3, -0.25) is 9.59 Å². The maximum Gasteiger partial charge on any atom is 0.406 e. The van der Waals surface area contributed by atoms with Crippen LogP contribution in [-0.4, -0.2) is 35.9 Å². The first-order valence-electron chi connectivity index (χ1n) is 15.7. The molecule has 5 aromatic rings. The number of halogens is 6. The molecule has 4 aliphatic rings. The van der Waals surface area contributed by atoms with Crippen molar-refractivity contribution in [2.24, 2.45) is 0 Å². The van der Waals surface area contributed by atoms with Crippen LogP contribution in [0.3, 0.4) is 0 Å². The standard InChI is InChI=1S/C39H18F6O7/c40-38(41,42)36(18-7-3-1-4-8-18)24-11-20-21(29(47)16-28(20)46)13-30(24)50-32-17-33-27(15-26(32)36)37(39(43,44)45,19-9-5-2-6-10-19)25-12-22-23(14-31(25)51-33)35(49)52-34(22)48/h1-15,17H,16H2. The Hall–Kier alpha value is -6.24. The predicted molar refractivity (Wildman–Crippen MR) is 167 cm³/mol. The molecule has 7 nitrogen and oxygen atoms in total. The Bertz CT molecular complexity index is 2300. The highest BCUT2D eigenvalue weighted by Gasteiger charge is 2.66. The van der Waals surface area contributed by atoms with Gasteiger partial charge in [0, 0.05) is 39.4 Å². The summed E-state index contributed by atoms with van der Waals surface area (Å²) >= 11 is 0. The van der Waals surface area contributed by atoms with Crippen LogP contribution in [0.1, 0.15) is 81.2 Å². The number of esters is 2. The van der Waals surface area contributed by atoms with Crippen molar-refractivity contribution in [1.82, 2.24) is 0 Å². The van der Waals surface area contributed by atoms with Crippen LogP contribution in [-0.2, 0) is 15.6 Å². The van der Waals surface area contributed by atoms with Gasteiger partial charge in [-0.1, -0.05) is 60.7 Å². The number of fused-ring (bicyclic) bond motifs is 6. The first-order valence-corrected chi connectivity index (χ1v) is 15.7. The first-order chi connectivity index (χ1) is 24.7. The summed E-state index contributed by atoms with van der Waals surface area (Å²) < 4.78 is 114. The third kappa shape index (κ3) is 3.87. The second-order valence-corrected chi connectivity index (χ2v) is 12.8. The molecule has 3 aliphatic heterocycles. The Kier molecular flexibility index (Phi) is 6.21. The molecule has 0 spiro atoms. The zero-order valence-electron chi connectivity index (χ0n) is 26.1. The predicted octanol–water partition coefficient (Wildman–Crippen LogP) is 8.77. The van der Waals surface area contributed by atoms with Crippen molar-refractivity contribution in [1.29, 1.82) is 0 Å². The van der Waals surface area contributed by atoms with E-state index in [0.29, 0.717) is 0 Å². The van der Waals surface area contributed by atoms with Crippen molar-refractivity contribution in [2.75, 3.05) is 0 Å². The lowest BCUT2D eigenvalue weighted by Gasteiger charge is -2.45. The molecule has 9 rings (SSSR count). The molecular formula is C39H18F6O7. The SMILES string of the molecule is O=C1CC(=O)c2cc3c(cc21)Oc1cc2c(cc1C3(c1ccccc1)C(F)(F)F)C(c1ccccc1)(C(F)(F)F)c1cc3c(cc1O2)C(=O)OC3=O. The van der Waals surface area contributed by atoms with E-state index >= 15 is 26.3 Å². The van der Waals surface area contributed by atoms with Crippen molar-refractivity contribution in [2.45, 2.75) is 29.6 Å². The van der Waals surface area contributed by atoms with E-state index in [9.17, 15) is 19.2 Å². The van der Waals surface area contributed by atoms with Crippen LogP contribution in [0.4, 0.5) is 26.3 Å². The largest absolute Gasteiger partial charge is 0.457 e. The lowest BCUT2D eigenvalue weighted by Crippen LogP contribution is -2.49. The van der Waals surface area contributed by atoms with Gasteiger partial charge in [0.05, 0.1) is 17.5 Å². The number of alkyl halides is 6. The molecule has 0 saturated carbocycles. The number of hydrogen-bond donors (Lipinski definition) is 0. The minimum absolute atomic E-state index is 0.144. The van der Waals surface area contributed by atoms with Gasteiger partial charge in [0.2, 0.25) is 0 Å². The Morgan fingerprint density at radius 2 is 0.808 bits per heavy atom. The zero-order chi connectivity index (χ0) is 36.5. The number of Topliss-reactive ketones (excluding diaryl/α,β-unsaturated/α-hetero) is 2. The van der Waals surface area contributed by atoms with Gasteiger partial charge in [-0.25, -0.2) is 9.59 Å². The summed E-state index contributed by atoms with van der Waals surface area (Å²) in [7, 11) is 0. The number of benzene rings is 5. The van der Waals surface area contributed by atoms with E-state index in [4.69, 9.17) is 9.47 Å². The zero-order valence-corrected chi connectivity index (χ0v) is 26.1. The Morgan fingerprint density at radius 1 is 0.442 bits per heavy atom. The molecule has 0 amide bonds. The summed E-state index contributed by atoms with van der Waals surface area (Å²) in [6.45, 7) is 0. The van der Waals surface area contributed by atoms with E-state index in [0.717, 1.165) is 60.7 Å². The van der Waals surface area contributed by atoms with Crippen molar-refractivity contribution < 1.29 is 59.7 Å². The van der Waals surface area contributed by atoms with Gasteiger partial charge in [-0.2, -0.15) is 26.3 Å². The molecule has 52 heavy (non-hydrogen) atoms. The number of ketones is 2. The highest BCUT2D eigenvalue weighted by atomic mass is 19.4. The van der Waals surface area contributed by atoms with Crippen LogP contribution in [0.15, 0.2) is 97.1 Å². The molecule has 0 saturated heterocycles. The number of ether oxygens (including phenoxy) is 3. The van der Waals surface area contributed by atoms with E-state index in [1.807, 2.05) is 0 Å². The fraction of sp³-hybridized carbons (Fsp3) is 0.128. The summed E-state index contributed by atoms with van der Waals surface area (Å²) in [5, 5.41) is 0. The summed E-state index contributed by atoms with van der Waals surface area (Å²) in [4.78, 5) is 50.7. The van der Waals surface area contributed by atoms with Crippen LogP contribution in [0.25, 0.3) is 0 Å². The average Bonchev–Trinajstić information content (AvgIpc) is 3.54. The molecule has 1 aliphatic carbocycles. The van der Waals surface area contributed by atoms with Crippen molar-refractivity contribution in [3.8, 4) is 23.0 Å². The second-order valence-electron chi connectivity index (χ2n) is 12.8. The van der Waals surface area contributed by atoms with Gasteiger partial charge in [0.1, 0.15) is 33.8 Å². The molecular weight excluding hydrogens is 694 g/mol. The Labute approximate surface area is 288 Å². The first kappa shape index (κ1) is 31.7. The topological polar surface area (TPSA) is 96.0 Å². The molecule has 0 radical (unpaired) electrons. The smallest absolute Gasteiger partial charge is 0.406 e. The van der Waals surface area contributed by atoms with Crippen LogP contribution in [0.5, 0.6) is 23.0 Å². The molecule has 2 atom stereocenters. The van der Waals surface area contributed by atoms with Gasteiger partial charge in [-0.05, 0) is 41.5 Å². The minimum atomic E-state index is -5.31. The van der Waals surface area contributed by atoms with Gasteiger partial charge < -0.3 is 14.2 Å². The number of cyclic esters (lactones) is 2. The molecule has 0 bridgehead atoms. The second kappa shape index (κ2) is 10.2. The van der Waals surface area contributed by atoms with Crippen molar-refractivity contribution >= 4 is 23.5 Å². The number of carbonyl (C=O) groups is 4. The third-order valence-corrected chi connectivity index (χ3v) is 10.2. The van der Waals surface area contributed by atoms with Crippen LogP contribution < -0.4 is 9.47 Å². The Morgan fingerprint density at radius 3 is 1.27 bits per heavy atom. The molecule has 0 aromatic heterocycles. The number of carbonyl (C=O) groups excluding carboxylic acids is 4. The summed E-state index contributed by atoms with van der Waals surface area (Å²) in [5.74, 6) is -5.66. The molecule has 5 aromatic carbocycles. The van der Waals surface area contributed by atoms with Crippen LogP contribution in [0, 0.1) is 0 Å². The van der Waals surface area contributed by atoms with Gasteiger partial charge in [0.15, 0.2) is 11.6 Å². The maximum absolute atomic E-state index is 16.3. The normalized spacial score (nSPS) is 21.2. The van der Waals surface area contributed by atoms with Crippen LogP contribution >= 0.6 is 0 Å². The fourth-order valence-corrected chi connectivity index (χ4v) is 8.02. The number of hydrogen-bond acceptors (Lipinski definition) is 7. The third-order valence-electron chi connectivity index (χ3n) is 10.2. The summed E-state index contributed by atoms with van der Waals surface area (Å²) in [6, 6.07) is 18.3. The quantitative estimate of drug-likeness (QED) is 0.103. The lowest BCUT2D eigenvalue weighted by molar-refractivity contribution is -0.169. The average molecular weight is 713 g/mol. The van der Waals surface area contributed by atoms with E-state index in [1.54, 1.807) is 0 Å². The maximum atomic E-state index is 16.3. The minimum Gasteiger partial charge on any atom is -0.457 e. The monoisotopic (exact) mass is 712 g/mol. The fourth-order valence-electron chi connectivity index (χ4n) is 8.02. The molecule has 13 heteroatoms. The Balaban J connectivity index is 1.44. The van der Waals surface area contributed by atoms with Crippen molar-refractivity contribution in [3.63, 3.8) is 0 Å². The van der Waals surface area contributed by atoms with E-state index < -0.39 is 115 Å². The molecule has 3 heterocycles. The highest BCUT2D eigenvalue weighted by molar-refractivity contribution is 6.24. The lowest BCUT2D eigenvalue weighted by atomic mass is 9.62. The van der Waals surface area contributed by atoms with Gasteiger partial charge in [0.25, 0.3) is 0 Å². The molecule has 2 unspecified atom stereocenters. The molecule has 0 fully saturated rings. The highest BCUT2D eigenvalue weighted by Crippen LogP contribution is 2.65. The van der Waals surface area contributed by atoms with E-state index in [-0.39, 0.29) is 16.7 Å². The van der Waals surface area contributed by atoms with Gasteiger partial charge in [-0.15, -0.1) is 0 Å². The van der Waals surface area contributed by atoms with Gasteiger partial charge >= 0.3 is 24.3 Å². The summed E-state index contributed by atoms with van der Waals surface area (Å²) in [6.07, 6.45) is -11.2. The van der Waals surface area contributed by atoms with E-state index in [1.165, 1.54) is 36.4 Å². The van der Waals surface area contributed by atoms with Crippen molar-refractivity contribution in [3.05, 3.63) is 153 Å². The molecule has 258 valence electrons. The summed E-state index contributed by atoms with van der Waals surface area (Å²) in [5.41, 5.74) is -11.4.